The lowest BCUT2D eigenvalue weighted by atomic mass is 10.0. The number of nitrogens with zero attached hydrogens (tertiary/aromatic N) is 3. The zero-order valence-corrected chi connectivity index (χ0v) is 15.3. The molecule has 0 fully saturated rings. The number of fused-ring (bicyclic) bond motifs is 1. The molecule has 0 aliphatic heterocycles. The number of para-hydroxylation sites is 1. The fraction of sp³-hybridized carbons (Fsp3) is 0.136. The van der Waals surface area contributed by atoms with Gasteiger partial charge in [0.15, 0.2) is 0 Å². The minimum absolute atomic E-state index is 0.117. The van der Waals surface area contributed by atoms with Gasteiger partial charge in [-0.25, -0.2) is 4.98 Å². The minimum Gasteiger partial charge on any atom is -0.348 e. The maximum Gasteiger partial charge on any atom is 0.252 e. The monoisotopic (exact) mass is 356 g/mol. The van der Waals surface area contributed by atoms with Crippen LogP contribution in [-0.4, -0.2) is 20.7 Å². The van der Waals surface area contributed by atoms with Crippen molar-refractivity contribution in [3.05, 3.63) is 83.7 Å². The lowest BCUT2D eigenvalue weighted by Crippen LogP contribution is -2.23. The van der Waals surface area contributed by atoms with Crippen LogP contribution in [0.5, 0.6) is 0 Å². The Morgan fingerprint density at radius 1 is 1.07 bits per heavy atom. The number of carbonyl (C=O) groups excluding carboxylic acids is 1. The highest BCUT2D eigenvalue weighted by Crippen LogP contribution is 2.24. The Balaban J connectivity index is 1.71. The van der Waals surface area contributed by atoms with Crippen molar-refractivity contribution >= 4 is 16.8 Å². The molecule has 5 nitrogen and oxygen atoms in total. The summed E-state index contributed by atoms with van der Waals surface area (Å²) in [6.07, 6.45) is 1.79. The van der Waals surface area contributed by atoms with Crippen molar-refractivity contribution in [3.63, 3.8) is 0 Å². The molecule has 27 heavy (non-hydrogen) atoms. The first-order chi connectivity index (χ1) is 13.1. The van der Waals surface area contributed by atoms with Gasteiger partial charge in [0, 0.05) is 35.8 Å². The molecule has 134 valence electrons. The molecule has 0 radical (unpaired) electrons. The van der Waals surface area contributed by atoms with Crippen LogP contribution in [0.4, 0.5) is 0 Å². The largest absolute Gasteiger partial charge is 0.348 e. The van der Waals surface area contributed by atoms with Crippen LogP contribution < -0.4 is 5.32 Å². The van der Waals surface area contributed by atoms with E-state index in [1.165, 1.54) is 0 Å². The molecule has 0 bridgehead atoms. The van der Waals surface area contributed by atoms with Crippen LogP contribution in [0.3, 0.4) is 0 Å². The van der Waals surface area contributed by atoms with Crippen LogP contribution in [0.25, 0.3) is 22.2 Å². The van der Waals surface area contributed by atoms with Gasteiger partial charge in [-0.05, 0) is 19.1 Å². The number of nitrogens with one attached hydrogen (secondary N) is 1. The molecule has 0 aliphatic rings. The van der Waals surface area contributed by atoms with Crippen molar-refractivity contribution in [1.29, 1.82) is 0 Å². The van der Waals surface area contributed by atoms with Crippen molar-refractivity contribution in [2.45, 2.75) is 13.5 Å². The second-order valence-corrected chi connectivity index (χ2v) is 6.50. The average Bonchev–Trinajstić information content (AvgIpc) is 3.04. The third-order valence-corrected chi connectivity index (χ3v) is 4.81. The molecule has 2 heterocycles. The van der Waals surface area contributed by atoms with E-state index in [4.69, 9.17) is 4.98 Å². The van der Waals surface area contributed by atoms with Crippen molar-refractivity contribution in [2.75, 3.05) is 0 Å². The second-order valence-electron chi connectivity index (χ2n) is 6.50. The first-order valence-electron chi connectivity index (χ1n) is 8.84. The van der Waals surface area contributed by atoms with Crippen LogP contribution in [0.2, 0.25) is 0 Å². The normalized spacial score (nSPS) is 10.9. The Morgan fingerprint density at radius 3 is 2.56 bits per heavy atom. The molecule has 5 heteroatoms. The number of carbonyl (C=O) groups is 1. The van der Waals surface area contributed by atoms with E-state index in [2.05, 4.69) is 10.4 Å². The topological polar surface area (TPSA) is 59.8 Å². The Morgan fingerprint density at radius 2 is 1.81 bits per heavy atom. The molecule has 4 aromatic rings. The molecule has 0 atom stereocenters. The SMILES string of the molecule is Cc1c(CNC(=O)c2cc(-c3ccccc3)nc3ccccc23)cnn1C. The predicted octanol–water partition coefficient (Wildman–Crippen LogP) is 3.87. The fourth-order valence-electron chi connectivity index (χ4n) is 3.11. The molecule has 0 unspecified atom stereocenters. The highest BCUT2D eigenvalue weighted by Gasteiger charge is 2.14. The van der Waals surface area contributed by atoms with Gasteiger partial charge in [0.05, 0.1) is 23.0 Å². The molecular formula is C22H20N4O. The van der Waals surface area contributed by atoms with E-state index >= 15 is 0 Å². The summed E-state index contributed by atoms with van der Waals surface area (Å²) in [5, 5.41) is 8.09. The number of hydrogen-bond acceptors (Lipinski definition) is 3. The molecule has 0 saturated carbocycles. The van der Waals surface area contributed by atoms with Crippen LogP contribution in [0, 0.1) is 6.92 Å². The van der Waals surface area contributed by atoms with Gasteiger partial charge in [-0.1, -0.05) is 48.5 Å². The molecule has 0 aliphatic carbocycles. The third kappa shape index (κ3) is 3.31. The summed E-state index contributed by atoms with van der Waals surface area (Å²) in [5.41, 5.74) is 5.26. The van der Waals surface area contributed by atoms with Crippen molar-refractivity contribution < 1.29 is 4.79 Å². The zero-order valence-electron chi connectivity index (χ0n) is 15.3. The van der Waals surface area contributed by atoms with E-state index in [1.54, 1.807) is 10.9 Å². The molecule has 4 rings (SSSR count). The van der Waals surface area contributed by atoms with Crippen LogP contribution in [0.1, 0.15) is 21.6 Å². The summed E-state index contributed by atoms with van der Waals surface area (Å²) < 4.78 is 1.80. The zero-order chi connectivity index (χ0) is 18.8. The van der Waals surface area contributed by atoms with Gasteiger partial charge in [0.25, 0.3) is 5.91 Å². The molecular weight excluding hydrogens is 336 g/mol. The van der Waals surface area contributed by atoms with Gasteiger partial charge < -0.3 is 5.32 Å². The molecule has 1 N–H and O–H groups in total. The number of aryl methyl sites for hydroxylation is 1. The quantitative estimate of drug-likeness (QED) is 0.604. The van der Waals surface area contributed by atoms with E-state index in [1.807, 2.05) is 74.6 Å². The van der Waals surface area contributed by atoms with Crippen LogP contribution in [-0.2, 0) is 13.6 Å². The summed E-state index contributed by atoms with van der Waals surface area (Å²) in [4.78, 5) is 17.7. The molecule has 0 saturated heterocycles. The Labute approximate surface area is 157 Å². The summed E-state index contributed by atoms with van der Waals surface area (Å²) in [5.74, 6) is -0.117. The van der Waals surface area contributed by atoms with E-state index < -0.39 is 0 Å². The van der Waals surface area contributed by atoms with E-state index in [-0.39, 0.29) is 5.91 Å². The second kappa shape index (κ2) is 7.03. The maximum absolute atomic E-state index is 13.0. The Hall–Kier alpha value is -3.47. The summed E-state index contributed by atoms with van der Waals surface area (Å²) in [7, 11) is 1.89. The van der Waals surface area contributed by atoms with Crippen molar-refractivity contribution in [3.8, 4) is 11.3 Å². The Bertz CT molecular complexity index is 1120. The fourth-order valence-corrected chi connectivity index (χ4v) is 3.11. The van der Waals surface area contributed by atoms with E-state index in [0.717, 1.165) is 33.4 Å². The number of aromatic nitrogens is 3. The predicted molar refractivity (Wildman–Crippen MR) is 106 cm³/mol. The van der Waals surface area contributed by atoms with Gasteiger partial charge in [-0.2, -0.15) is 5.10 Å². The molecule has 2 aromatic carbocycles. The summed E-state index contributed by atoms with van der Waals surface area (Å²) in [6.45, 7) is 2.43. The number of benzene rings is 2. The lowest BCUT2D eigenvalue weighted by molar-refractivity contribution is 0.0952. The molecule has 1 amide bonds. The first-order valence-corrected chi connectivity index (χ1v) is 8.84. The van der Waals surface area contributed by atoms with Gasteiger partial charge >= 0.3 is 0 Å². The van der Waals surface area contributed by atoms with Gasteiger partial charge in [0.1, 0.15) is 0 Å². The minimum atomic E-state index is -0.117. The van der Waals surface area contributed by atoms with Crippen molar-refractivity contribution in [1.82, 2.24) is 20.1 Å². The maximum atomic E-state index is 13.0. The van der Waals surface area contributed by atoms with Gasteiger partial charge in [-0.15, -0.1) is 0 Å². The smallest absolute Gasteiger partial charge is 0.252 e. The van der Waals surface area contributed by atoms with E-state index in [9.17, 15) is 4.79 Å². The number of amides is 1. The number of rotatable bonds is 4. The van der Waals surface area contributed by atoms with Gasteiger partial charge in [0.2, 0.25) is 0 Å². The highest BCUT2D eigenvalue weighted by molar-refractivity contribution is 6.07. The van der Waals surface area contributed by atoms with Crippen molar-refractivity contribution in [2.24, 2.45) is 7.05 Å². The summed E-state index contributed by atoms with van der Waals surface area (Å²) >= 11 is 0. The molecule has 0 spiro atoms. The average molecular weight is 356 g/mol. The highest BCUT2D eigenvalue weighted by atomic mass is 16.1. The first kappa shape index (κ1) is 17.0. The Kier molecular flexibility index (Phi) is 4.42. The lowest BCUT2D eigenvalue weighted by Gasteiger charge is -2.11. The molecule has 2 aromatic heterocycles. The third-order valence-electron chi connectivity index (χ3n) is 4.81. The van der Waals surface area contributed by atoms with Gasteiger partial charge in [-0.3, -0.25) is 9.48 Å². The van der Waals surface area contributed by atoms with Crippen LogP contribution in [0.15, 0.2) is 66.9 Å². The summed E-state index contributed by atoms with van der Waals surface area (Å²) in [6, 6.07) is 19.5. The number of hydrogen-bond donors (Lipinski definition) is 1. The standard InChI is InChI=1S/C22H20N4O/c1-15-17(14-24-26(15)2)13-23-22(27)19-12-21(16-8-4-3-5-9-16)25-20-11-7-6-10-18(19)20/h3-12,14H,13H2,1-2H3,(H,23,27). The van der Waals surface area contributed by atoms with Crippen LogP contribution >= 0.6 is 0 Å². The number of pyridine rings is 1. The van der Waals surface area contributed by atoms with E-state index in [0.29, 0.717) is 12.1 Å².